The van der Waals surface area contributed by atoms with Crippen molar-refractivity contribution in [1.29, 1.82) is 0 Å². The van der Waals surface area contributed by atoms with E-state index >= 15 is 0 Å². The number of imidazole rings is 1. The highest BCUT2D eigenvalue weighted by Gasteiger charge is 2.47. The van der Waals surface area contributed by atoms with Gasteiger partial charge in [0, 0.05) is 36.6 Å². The number of amides is 1. The van der Waals surface area contributed by atoms with Gasteiger partial charge in [-0.3, -0.25) is 14.4 Å². The molecular formula is C20H14F3N3O4. The maximum atomic E-state index is 13.5. The fraction of sp³-hybridized carbons (Fsp3) is 0.200. The van der Waals surface area contributed by atoms with Crippen molar-refractivity contribution >= 4 is 17.5 Å². The molecule has 3 aromatic rings. The molecule has 0 unspecified atom stereocenters. The second-order valence-electron chi connectivity index (χ2n) is 6.62. The smallest absolute Gasteiger partial charge is 0.446 e. The molecule has 0 saturated carbocycles. The van der Waals surface area contributed by atoms with Crippen molar-refractivity contribution in [3.63, 3.8) is 0 Å². The van der Waals surface area contributed by atoms with Crippen LogP contribution >= 0.6 is 0 Å². The summed E-state index contributed by atoms with van der Waals surface area (Å²) in [6.45, 7) is 0.535. The molecule has 0 bridgehead atoms. The highest BCUT2D eigenvalue weighted by Crippen LogP contribution is 2.40. The van der Waals surface area contributed by atoms with Crippen molar-refractivity contribution in [3.8, 4) is 0 Å². The van der Waals surface area contributed by atoms with Crippen LogP contribution in [0.4, 0.5) is 13.2 Å². The van der Waals surface area contributed by atoms with Gasteiger partial charge in [-0.15, -0.1) is 0 Å². The molecule has 1 aliphatic rings. The maximum Gasteiger partial charge on any atom is 0.450 e. The fourth-order valence-electron chi connectivity index (χ4n) is 3.33. The number of carbonyl (C=O) groups excluding carboxylic acids is 3. The van der Waals surface area contributed by atoms with Crippen molar-refractivity contribution in [1.82, 2.24) is 14.9 Å². The number of furan rings is 1. The third kappa shape index (κ3) is 3.30. The van der Waals surface area contributed by atoms with Crippen LogP contribution in [-0.2, 0) is 12.7 Å². The molecule has 4 rings (SSSR count). The third-order valence-corrected chi connectivity index (χ3v) is 4.68. The Morgan fingerprint density at radius 1 is 1.13 bits per heavy atom. The summed E-state index contributed by atoms with van der Waals surface area (Å²) in [6.07, 6.45) is 0.203. The molecule has 1 N–H and O–H groups in total. The lowest BCUT2D eigenvalue weighted by molar-refractivity contribution is -0.153. The maximum absolute atomic E-state index is 13.5. The predicted octanol–water partition coefficient (Wildman–Crippen LogP) is 3.09. The lowest BCUT2D eigenvalue weighted by Gasteiger charge is -2.14. The molecule has 0 atom stereocenters. The van der Waals surface area contributed by atoms with E-state index in [1.165, 1.54) is 24.3 Å². The summed E-state index contributed by atoms with van der Waals surface area (Å²) in [5, 5.41) is 2.37. The topological polar surface area (TPSA) is 94.2 Å². The van der Waals surface area contributed by atoms with Gasteiger partial charge in [0.05, 0.1) is 11.9 Å². The number of aryl methyl sites for hydroxylation is 1. The molecule has 0 radical (unpaired) electrons. The Labute approximate surface area is 167 Å². The first kappa shape index (κ1) is 19.6. The average molecular weight is 417 g/mol. The minimum absolute atomic E-state index is 0.0486. The number of ketones is 2. The van der Waals surface area contributed by atoms with E-state index in [1.54, 1.807) is 23.3 Å². The van der Waals surface area contributed by atoms with E-state index in [0.717, 1.165) is 0 Å². The second kappa shape index (κ2) is 7.29. The van der Waals surface area contributed by atoms with E-state index in [1.807, 2.05) is 0 Å². The number of nitrogens with one attached hydrogen (secondary N) is 1. The van der Waals surface area contributed by atoms with E-state index in [0.29, 0.717) is 13.0 Å². The summed E-state index contributed by atoms with van der Waals surface area (Å²) in [6, 6.07) is 5.61. The average Bonchev–Trinajstić information content (AvgIpc) is 3.37. The van der Waals surface area contributed by atoms with Crippen molar-refractivity contribution in [3.05, 3.63) is 76.8 Å². The van der Waals surface area contributed by atoms with E-state index in [-0.39, 0.29) is 17.7 Å². The van der Waals surface area contributed by atoms with E-state index in [9.17, 15) is 27.6 Å². The first-order valence-electron chi connectivity index (χ1n) is 8.95. The van der Waals surface area contributed by atoms with Gasteiger partial charge in [0.25, 0.3) is 5.91 Å². The molecule has 2 aromatic heterocycles. The van der Waals surface area contributed by atoms with E-state index in [4.69, 9.17) is 4.42 Å². The molecule has 10 heteroatoms. The summed E-state index contributed by atoms with van der Waals surface area (Å²) >= 11 is 0. The molecular weight excluding hydrogens is 403 g/mol. The fourth-order valence-corrected chi connectivity index (χ4v) is 3.33. The number of halogens is 3. The molecule has 0 aliphatic heterocycles. The highest BCUT2D eigenvalue weighted by atomic mass is 19.4. The molecule has 1 aliphatic carbocycles. The Morgan fingerprint density at radius 2 is 1.83 bits per heavy atom. The van der Waals surface area contributed by atoms with Crippen LogP contribution in [0, 0.1) is 0 Å². The van der Waals surface area contributed by atoms with Crippen LogP contribution in [0.2, 0.25) is 0 Å². The van der Waals surface area contributed by atoms with Gasteiger partial charge in [-0.05, 0) is 6.42 Å². The largest absolute Gasteiger partial charge is 0.450 e. The molecule has 2 heterocycles. The zero-order valence-electron chi connectivity index (χ0n) is 15.3. The van der Waals surface area contributed by atoms with Crippen LogP contribution in [-0.4, -0.2) is 33.6 Å². The molecule has 1 aromatic carbocycles. The summed E-state index contributed by atoms with van der Waals surface area (Å²) in [7, 11) is 0. The number of carbonyl (C=O) groups is 3. The minimum atomic E-state index is -5.06. The Hall–Kier alpha value is -3.69. The zero-order chi connectivity index (χ0) is 21.5. The normalized spacial score (nSPS) is 13.2. The van der Waals surface area contributed by atoms with Crippen LogP contribution < -0.4 is 5.32 Å². The van der Waals surface area contributed by atoms with Crippen LogP contribution in [0.3, 0.4) is 0 Å². The first-order chi connectivity index (χ1) is 14.3. The molecule has 154 valence electrons. The molecule has 30 heavy (non-hydrogen) atoms. The summed E-state index contributed by atoms with van der Waals surface area (Å²) in [4.78, 5) is 41.9. The third-order valence-electron chi connectivity index (χ3n) is 4.68. The van der Waals surface area contributed by atoms with Gasteiger partial charge in [-0.2, -0.15) is 13.2 Å². The highest BCUT2D eigenvalue weighted by molar-refractivity contribution is 6.30. The van der Waals surface area contributed by atoms with E-state index in [2.05, 4.69) is 10.3 Å². The van der Waals surface area contributed by atoms with Crippen molar-refractivity contribution in [2.75, 3.05) is 6.54 Å². The van der Waals surface area contributed by atoms with Crippen molar-refractivity contribution < 1.29 is 32.0 Å². The number of aromatic nitrogens is 2. The molecule has 7 nitrogen and oxygen atoms in total. The van der Waals surface area contributed by atoms with Gasteiger partial charge in [-0.25, -0.2) is 4.98 Å². The minimum Gasteiger partial charge on any atom is -0.446 e. The SMILES string of the molecule is O=C1c2ccccc2C(=O)c2c1oc(C(F)(F)F)c2C(=O)NCCCn1ccnc1. The monoisotopic (exact) mass is 417 g/mol. The summed E-state index contributed by atoms with van der Waals surface area (Å²) in [5.74, 6) is -5.28. The van der Waals surface area contributed by atoms with Crippen LogP contribution in [0.1, 0.15) is 54.6 Å². The lowest BCUT2D eigenvalue weighted by Crippen LogP contribution is -2.30. The molecule has 0 fully saturated rings. The number of benzene rings is 1. The number of fused-ring (bicyclic) bond motifs is 2. The zero-order valence-corrected chi connectivity index (χ0v) is 15.3. The Bertz CT molecular complexity index is 1150. The predicted molar refractivity (Wildman–Crippen MR) is 96.2 cm³/mol. The van der Waals surface area contributed by atoms with Crippen LogP contribution in [0.15, 0.2) is 47.4 Å². The van der Waals surface area contributed by atoms with Gasteiger partial charge in [0.15, 0.2) is 11.5 Å². The van der Waals surface area contributed by atoms with Crippen molar-refractivity contribution in [2.24, 2.45) is 0 Å². The quantitative estimate of drug-likeness (QED) is 0.504. The van der Waals surface area contributed by atoms with Crippen LogP contribution in [0.25, 0.3) is 0 Å². The number of nitrogens with zero attached hydrogens (tertiary/aromatic N) is 2. The number of hydrogen-bond donors (Lipinski definition) is 1. The van der Waals surface area contributed by atoms with Gasteiger partial charge in [-0.1, -0.05) is 24.3 Å². The Morgan fingerprint density at radius 3 is 2.47 bits per heavy atom. The van der Waals surface area contributed by atoms with Gasteiger partial charge in [0.1, 0.15) is 5.56 Å². The van der Waals surface area contributed by atoms with Crippen molar-refractivity contribution in [2.45, 2.75) is 19.1 Å². The number of rotatable bonds is 5. The van der Waals surface area contributed by atoms with Gasteiger partial charge in [0.2, 0.25) is 11.5 Å². The number of hydrogen-bond acceptors (Lipinski definition) is 5. The standard InChI is InChI=1S/C20H14F3N3O4/c21-20(22,23)18-14(19(29)25-6-3-8-26-9-7-24-10-26)13-15(27)11-4-1-2-5-12(11)16(28)17(13)30-18/h1-2,4-5,7,9-10H,3,6,8H2,(H,25,29). The van der Waals surface area contributed by atoms with Gasteiger partial charge >= 0.3 is 6.18 Å². The lowest BCUT2D eigenvalue weighted by atomic mass is 9.86. The Kier molecular flexibility index (Phi) is 4.76. The molecule has 1 amide bonds. The summed E-state index contributed by atoms with van der Waals surface area (Å²) < 4.78 is 47.1. The second-order valence-corrected chi connectivity index (χ2v) is 6.62. The van der Waals surface area contributed by atoms with Gasteiger partial charge < -0.3 is 14.3 Å². The van der Waals surface area contributed by atoms with E-state index < -0.39 is 46.3 Å². The van der Waals surface area contributed by atoms with Crippen LogP contribution in [0.5, 0.6) is 0 Å². The Balaban J connectivity index is 1.67. The molecule has 0 saturated heterocycles. The summed E-state index contributed by atoms with van der Waals surface area (Å²) in [5.41, 5.74) is -1.76. The molecule has 0 spiro atoms. The number of alkyl halides is 3. The first-order valence-corrected chi connectivity index (χ1v) is 8.95.